The van der Waals surface area contributed by atoms with Crippen LogP contribution in [0.25, 0.3) is 0 Å². The fourth-order valence-corrected chi connectivity index (χ4v) is 0. The Kier molecular flexibility index (Phi) is 11.9. The van der Waals surface area contributed by atoms with Crippen molar-refractivity contribution in [2.75, 3.05) is 5.94 Å². The molecule has 0 aliphatic carbocycles. The maximum absolute atomic E-state index is 9.23. The van der Waals surface area contributed by atoms with Gasteiger partial charge in [0, 0.05) is 51.4 Å². The van der Waals surface area contributed by atoms with E-state index in [0.717, 1.165) is 0 Å². The summed E-state index contributed by atoms with van der Waals surface area (Å²) in [7, 11) is 0. The number of hydrogen-bond acceptors (Lipinski definition) is 2. The Hall–Kier alpha value is 1.71. The van der Waals surface area contributed by atoms with E-state index in [1.165, 1.54) is 0 Å². The van der Waals surface area contributed by atoms with Gasteiger partial charge in [-0.15, -0.1) is 0 Å². The third-order valence-corrected chi connectivity index (χ3v) is 0.331. The monoisotopic (exact) mass is 135 g/mol. The van der Waals surface area contributed by atoms with Crippen LogP contribution in [0.5, 0.6) is 0 Å². The molecule has 1 radical (unpaired) electrons. The maximum atomic E-state index is 9.23. The van der Waals surface area contributed by atoms with Gasteiger partial charge in [-0.1, -0.05) is 0 Å². The summed E-state index contributed by atoms with van der Waals surface area (Å²) in [6, 6.07) is 0. The zero-order valence-corrected chi connectivity index (χ0v) is 7.36. The predicted molar refractivity (Wildman–Crippen MR) is 23.6 cm³/mol. The minimum Gasteiger partial charge on any atom is -0.381 e. The van der Waals surface area contributed by atoms with Gasteiger partial charge in [-0.3, -0.25) is 0 Å². The summed E-state index contributed by atoms with van der Waals surface area (Å²) in [5.74, 6) is -0.667. The summed E-state index contributed by atoms with van der Waals surface area (Å²) in [6.45, 7) is 0. The SMILES string of the molecule is O=S(O)CO.[K]. The summed E-state index contributed by atoms with van der Waals surface area (Å²) in [5, 5.41) is 7.59. The predicted octanol–water partition coefficient (Wildman–Crippen LogP) is -1.22. The second-order valence-corrected chi connectivity index (χ2v) is 1.35. The molecule has 0 amide bonds. The maximum Gasteiger partial charge on any atom is 0.179 e. The minimum absolute atomic E-state index is 0. The van der Waals surface area contributed by atoms with Crippen molar-refractivity contribution in [3.63, 3.8) is 0 Å². The van der Waals surface area contributed by atoms with Crippen LogP contribution in [0.3, 0.4) is 0 Å². The van der Waals surface area contributed by atoms with Crippen LogP contribution in [0.15, 0.2) is 0 Å². The van der Waals surface area contributed by atoms with E-state index in [4.69, 9.17) is 9.66 Å². The van der Waals surface area contributed by atoms with Gasteiger partial charge in [0.15, 0.2) is 11.1 Å². The van der Waals surface area contributed by atoms with Gasteiger partial charge in [0.25, 0.3) is 0 Å². The average Bonchev–Trinajstić information content (AvgIpc) is 1.38. The Balaban J connectivity index is 0. The van der Waals surface area contributed by atoms with Crippen molar-refractivity contribution in [3.8, 4) is 0 Å². The van der Waals surface area contributed by atoms with Gasteiger partial charge in [0.2, 0.25) is 0 Å². The quantitative estimate of drug-likeness (QED) is 0.350. The zero-order chi connectivity index (χ0) is 4.28. The molecule has 1 unspecified atom stereocenters. The van der Waals surface area contributed by atoms with Crippen LogP contribution in [-0.4, -0.2) is 71.2 Å². The van der Waals surface area contributed by atoms with Gasteiger partial charge in [-0.25, -0.2) is 4.21 Å². The molecule has 0 saturated heterocycles. The molecule has 5 heteroatoms. The van der Waals surface area contributed by atoms with Crippen LogP contribution in [0, 0.1) is 0 Å². The fraction of sp³-hybridized carbons (Fsp3) is 1.00. The molecular weight excluding hydrogens is 131 g/mol. The molecule has 0 rings (SSSR count). The zero-order valence-electron chi connectivity index (χ0n) is 3.42. The molecule has 2 N–H and O–H groups in total. The Morgan fingerprint density at radius 2 is 1.83 bits per heavy atom. The van der Waals surface area contributed by atoms with Gasteiger partial charge in [0.1, 0.15) is 5.94 Å². The third kappa shape index (κ3) is 9.20. The average molecular weight is 135 g/mol. The van der Waals surface area contributed by atoms with Crippen molar-refractivity contribution in [1.82, 2.24) is 0 Å². The normalized spacial score (nSPS) is 12.3. The molecule has 0 fully saturated rings. The molecule has 0 aromatic carbocycles. The van der Waals surface area contributed by atoms with E-state index in [-0.39, 0.29) is 51.4 Å². The number of hydrogen-bond donors (Lipinski definition) is 2. The molecule has 0 bridgehead atoms. The molecule has 1 atom stereocenters. The Bertz CT molecular complexity index is 46.1. The van der Waals surface area contributed by atoms with Crippen LogP contribution >= 0.6 is 0 Å². The van der Waals surface area contributed by atoms with E-state index >= 15 is 0 Å². The molecule has 0 aromatic heterocycles. The van der Waals surface area contributed by atoms with Crippen molar-refractivity contribution >= 4 is 62.5 Å². The van der Waals surface area contributed by atoms with Gasteiger partial charge in [0.05, 0.1) is 0 Å². The molecule has 0 aromatic rings. The first-order valence-corrected chi connectivity index (χ1v) is 2.23. The minimum atomic E-state index is -2.02. The van der Waals surface area contributed by atoms with Crippen LogP contribution in [0.1, 0.15) is 0 Å². The molecule has 3 nitrogen and oxygen atoms in total. The summed E-state index contributed by atoms with van der Waals surface area (Å²) >= 11 is -2.02. The van der Waals surface area contributed by atoms with E-state index < -0.39 is 17.0 Å². The topological polar surface area (TPSA) is 57.5 Å². The van der Waals surface area contributed by atoms with E-state index in [1.807, 2.05) is 0 Å². The first kappa shape index (κ1) is 10.6. The second-order valence-electron chi connectivity index (χ2n) is 0.451. The molecule has 0 spiro atoms. The summed E-state index contributed by atoms with van der Waals surface area (Å²) in [5.41, 5.74) is 0. The molecule has 33 valence electrons. The van der Waals surface area contributed by atoms with Gasteiger partial charge in [-0.2, -0.15) is 0 Å². The molecular formula is CH4KO3S. The number of aliphatic hydroxyl groups is 1. The van der Waals surface area contributed by atoms with Crippen LogP contribution < -0.4 is 0 Å². The van der Waals surface area contributed by atoms with Crippen molar-refractivity contribution in [1.29, 1.82) is 0 Å². The largest absolute Gasteiger partial charge is 0.381 e. The first-order valence-electron chi connectivity index (χ1n) is 0.954. The smallest absolute Gasteiger partial charge is 0.179 e. The summed E-state index contributed by atoms with van der Waals surface area (Å²) < 4.78 is 16.8. The van der Waals surface area contributed by atoms with Gasteiger partial charge in [-0.05, 0) is 0 Å². The summed E-state index contributed by atoms with van der Waals surface area (Å²) in [6.07, 6.45) is 0. The Morgan fingerprint density at radius 3 is 1.83 bits per heavy atom. The summed E-state index contributed by atoms with van der Waals surface area (Å²) in [4.78, 5) is 0. The van der Waals surface area contributed by atoms with Crippen molar-refractivity contribution in [3.05, 3.63) is 0 Å². The molecule has 0 heterocycles. The van der Waals surface area contributed by atoms with Crippen molar-refractivity contribution in [2.24, 2.45) is 0 Å². The van der Waals surface area contributed by atoms with E-state index in [0.29, 0.717) is 0 Å². The van der Waals surface area contributed by atoms with Crippen LogP contribution in [0.2, 0.25) is 0 Å². The van der Waals surface area contributed by atoms with Crippen molar-refractivity contribution < 1.29 is 13.9 Å². The van der Waals surface area contributed by atoms with E-state index in [1.54, 1.807) is 0 Å². The van der Waals surface area contributed by atoms with Crippen molar-refractivity contribution in [2.45, 2.75) is 0 Å². The van der Waals surface area contributed by atoms with Crippen LogP contribution in [-0.2, 0) is 11.1 Å². The molecule has 0 aliphatic heterocycles. The first-order chi connectivity index (χ1) is 2.27. The van der Waals surface area contributed by atoms with E-state index in [2.05, 4.69) is 0 Å². The van der Waals surface area contributed by atoms with Crippen LogP contribution in [0.4, 0.5) is 0 Å². The van der Waals surface area contributed by atoms with Gasteiger partial charge < -0.3 is 9.66 Å². The fourth-order valence-electron chi connectivity index (χ4n) is 0. The molecule has 6 heavy (non-hydrogen) atoms. The number of aliphatic hydroxyl groups excluding tert-OH is 1. The number of rotatable bonds is 1. The van der Waals surface area contributed by atoms with E-state index in [9.17, 15) is 4.21 Å². The Labute approximate surface area is 80.8 Å². The second kappa shape index (κ2) is 6.71. The standard InChI is InChI=1S/CH4O3S.K/c2-1-5(3)4;/h2H,1H2,(H,3,4);. The molecule has 0 saturated carbocycles. The van der Waals surface area contributed by atoms with Gasteiger partial charge >= 0.3 is 0 Å². The molecule has 0 aliphatic rings. The third-order valence-electron chi connectivity index (χ3n) is 0.110. The Morgan fingerprint density at radius 1 is 1.67 bits per heavy atom.